The smallest absolute Gasteiger partial charge is 0.255 e. The largest absolute Gasteiger partial charge is 0.319 e. The molecule has 0 spiro atoms. The van der Waals surface area contributed by atoms with Gasteiger partial charge >= 0.3 is 0 Å². The Kier molecular flexibility index (Phi) is 4.95. The summed E-state index contributed by atoms with van der Waals surface area (Å²) in [5, 5.41) is 3.98. The maximum Gasteiger partial charge on any atom is 0.255 e. The molecule has 0 aliphatic carbocycles. The number of para-hydroxylation sites is 1. The predicted molar refractivity (Wildman–Crippen MR) is 88.6 cm³/mol. The first-order valence-electron chi connectivity index (χ1n) is 5.19. The Morgan fingerprint density at radius 3 is 2.21 bits per heavy atom. The van der Waals surface area contributed by atoms with Crippen LogP contribution in [-0.2, 0) is 0 Å². The molecule has 2 aromatic rings. The molecular weight excluding hydrogens is 419 g/mol. The molecule has 0 aliphatic heterocycles. The fourth-order valence-electron chi connectivity index (χ4n) is 1.44. The van der Waals surface area contributed by atoms with Gasteiger partial charge in [0.2, 0.25) is 0 Å². The van der Waals surface area contributed by atoms with Crippen LogP contribution in [0, 0.1) is 3.57 Å². The van der Waals surface area contributed by atoms with E-state index in [0.717, 1.165) is 3.57 Å². The average Bonchev–Trinajstić information content (AvgIpc) is 2.37. The van der Waals surface area contributed by atoms with Gasteiger partial charge in [0.05, 0.1) is 20.8 Å². The molecule has 0 saturated heterocycles. The number of hydrogen-bond acceptors (Lipinski definition) is 1. The molecule has 1 N–H and O–H groups in total. The van der Waals surface area contributed by atoms with Crippen molar-refractivity contribution in [1.29, 1.82) is 0 Å². The SMILES string of the molecule is O=C(Nc1c(Cl)cccc1Cl)c1ccc(I)c(Cl)c1. The summed E-state index contributed by atoms with van der Waals surface area (Å²) in [7, 11) is 0. The second-order valence-electron chi connectivity index (χ2n) is 3.68. The monoisotopic (exact) mass is 425 g/mol. The third-order valence-corrected chi connectivity index (χ3v) is 4.59. The van der Waals surface area contributed by atoms with E-state index < -0.39 is 0 Å². The first kappa shape index (κ1) is 14.9. The van der Waals surface area contributed by atoms with Crippen molar-refractivity contribution in [3.05, 3.63) is 60.6 Å². The highest BCUT2D eigenvalue weighted by Gasteiger charge is 2.12. The summed E-state index contributed by atoms with van der Waals surface area (Å²) in [6.07, 6.45) is 0. The van der Waals surface area contributed by atoms with Gasteiger partial charge in [-0.15, -0.1) is 0 Å². The van der Waals surface area contributed by atoms with Gasteiger partial charge in [0.25, 0.3) is 5.91 Å². The lowest BCUT2D eigenvalue weighted by Gasteiger charge is -2.09. The van der Waals surface area contributed by atoms with Gasteiger partial charge in [-0.25, -0.2) is 0 Å². The maximum absolute atomic E-state index is 12.1. The van der Waals surface area contributed by atoms with Crippen LogP contribution in [0.4, 0.5) is 5.69 Å². The number of halogens is 4. The molecule has 6 heteroatoms. The van der Waals surface area contributed by atoms with E-state index in [1.54, 1.807) is 36.4 Å². The number of benzene rings is 2. The normalized spacial score (nSPS) is 10.3. The van der Waals surface area contributed by atoms with Crippen LogP contribution in [-0.4, -0.2) is 5.91 Å². The van der Waals surface area contributed by atoms with Crippen LogP contribution in [0.2, 0.25) is 15.1 Å². The average molecular weight is 426 g/mol. The van der Waals surface area contributed by atoms with E-state index >= 15 is 0 Å². The summed E-state index contributed by atoms with van der Waals surface area (Å²) in [6, 6.07) is 10.1. The number of rotatable bonds is 2. The van der Waals surface area contributed by atoms with Gasteiger partial charge in [0, 0.05) is 9.13 Å². The summed E-state index contributed by atoms with van der Waals surface area (Å²) in [4.78, 5) is 12.1. The van der Waals surface area contributed by atoms with Crippen molar-refractivity contribution in [2.24, 2.45) is 0 Å². The lowest BCUT2D eigenvalue weighted by Crippen LogP contribution is -2.12. The van der Waals surface area contributed by atoms with Crippen LogP contribution in [0.3, 0.4) is 0 Å². The zero-order chi connectivity index (χ0) is 14.0. The van der Waals surface area contributed by atoms with Crippen LogP contribution in [0.5, 0.6) is 0 Å². The molecule has 0 atom stereocenters. The topological polar surface area (TPSA) is 29.1 Å². The van der Waals surface area contributed by atoms with Gasteiger partial charge in [0.15, 0.2) is 0 Å². The van der Waals surface area contributed by atoms with Crippen LogP contribution >= 0.6 is 57.4 Å². The highest BCUT2D eigenvalue weighted by Crippen LogP contribution is 2.30. The molecule has 2 rings (SSSR count). The van der Waals surface area contributed by atoms with Gasteiger partial charge in [-0.2, -0.15) is 0 Å². The highest BCUT2D eigenvalue weighted by molar-refractivity contribution is 14.1. The fourth-order valence-corrected chi connectivity index (χ4v) is 2.45. The zero-order valence-electron chi connectivity index (χ0n) is 9.38. The molecule has 98 valence electrons. The second-order valence-corrected chi connectivity index (χ2v) is 6.06. The van der Waals surface area contributed by atoms with E-state index in [2.05, 4.69) is 27.9 Å². The van der Waals surface area contributed by atoms with Crippen LogP contribution in [0.15, 0.2) is 36.4 Å². The first-order valence-corrected chi connectivity index (χ1v) is 7.40. The third-order valence-electron chi connectivity index (χ3n) is 2.38. The lowest BCUT2D eigenvalue weighted by atomic mass is 10.2. The number of carbonyl (C=O) groups excluding carboxylic acids is 1. The Balaban J connectivity index is 2.28. The van der Waals surface area contributed by atoms with Gasteiger partial charge in [-0.3, -0.25) is 4.79 Å². The fraction of sp³-hybridized carbons (Fsp3) is 0. The van der Waals surface area contributed by atoms with Crippen molar-refractivity contribution in [3.8, 4) is 0 Å². The molecule has 0 aromatic heterocycles. The first-order chi connectivity index (χ1) is 8.99. The van der Waals surface area contributed by atoms with E-state index in [1.807, 2.05) is 0 Å². The van der Waals surface area contributed by atoms with Gasteiger partial charge in [-0.05, 0) is 52.9 Å². The molecule has 0 bridgehead atoms. The van der Waals surface area contributed by atoms with Gasteiger partial charge in [0.1, 0.15) is 0 Å². The Morgan fingerprint density at radius 2 is 1.63 bits per heavy atom. The van der Waals surface area contributed by atoms with E-state index in [4.69, 9.17) is 34.8 Å². The van der Waals surface area contributed by atoms with E-state index in [1.165, 1.54) is 0 Å². The third kappa shape index (κ3) is 3.54. The number of anilines is 1. The lowest BCUT2D eigenvalue weighted by molar-refractivity contribution is 0.102. The Morgan fingerprint density at radius 1 is 1.00 bits per heavy atom. The second kappa shape index (κ2) is 6.31. The molecule has 0 heterocycles. The van der Waals surface area contributed by atoms with Gasteiger partial charge < -0.3 is 5.32 Å². The van der Waals surface area contributed by atoms with Crippen molar-refractivity contribution in [3.63, 3.8) is 0 Å². The molecule has 0 radical (unpaired) electrons. The molecular formula is C13H7Cl3INO. The quantitative estimate of drug-likeness (QED) is 0.631. The van der Waals surface area contributed by atoms with Crippen LogP contribution < -0.4 is 5.32 Å². The minimum Gasteiger partial charge on any atom is -0.319 e. The highest BCUT2D eigenvalue weighted by atomic mass is 127. The molecule has 0 fully saturated rings. The molecule has 0 unspecified atom stereocenters. The predicted octanol–water partition coefficient (Wildman–Crippen LogP) is 5.50. The molecule has 19 heavy (non-hydrogen) atoms. The summed E-state index contributed by atoms with van der Waals surface area (Å²) < 4.78 is 0.881. The van der Waals surface area contributed by atoms with E-state index in [0.29, 0.717) is 26.3 Å². The maximum atomic E-state index is 12.1. The van der Waals surface area contributed by atoms with E-state index in [9.17, 15) is 4.79 Å². The summed E-state index contributed by atoms with van der Waals surface area (Å²) >= 11 is 20.1. The molecule has 2 nitrogen and oxygen atoms in total. The van der Waals surface area contributed by atoms with Crippen molar-refractivity contribution >= 4 is 69.0 Å². The van der Waals surface area contributed by atoms with E-state index in [-0.39, 0.29) is 5.91 Å². The molecule has 0 aliphatic rings. The van der Waals surface area contributed by atoms with Crippen molar-refractivity contribution in [1.82, 2.24) is 0 Å². The Hall–Kier alpha value is -0.490. The minimum absolute atomic E-state index is 0.312. The van der Waals surface area contributed by atoms with Gasteiger partial charge in [-0.1, -0.05) is 40.9 Å². The number of carbonyl (C=O) groups is 1. The molecule has 2 aromatic carbocycles. The molecule has 1 amide bonds. The minimum atomic E-state index is -0.312. The number of amides is 1. The van der Waals surface area contributed by atoms with Crippen molar-refractivity contribution in [2.75, 3.05) is 5.32 Å². The summed E-state index contributed by atoms with van der Waals surface area (Å²) in [5.41, 5.74) is 0.840. The van der Waals surface area contributed by atoms with Crippen molar-refractivity contribution in [2.45, 2.75) is 0 Å². The van der Waals surface area contributed by atoms with Crippen molar-refractivity contribution < 1.29 is 4.79 Å². The Bertz CT molecular complexity index is 626. The standard InChI is InChI=1S/C13H7Cl3INO/c14-8-2-1-3-9(15)12(8)18-13(19)7-4-5-11(17)10(16)6-7/h1-6H,(H,18,19). The molecule has 0 saturated carbocycles. The summed E-state index contributed by atoms with van der Waals surface area (Å²) in [5.74, 6) is -0.312. The Labute approximate surface area is 139 Å². The number of nitrogens with one attached hydrogen (secondary N) is 1. The van der Waals surface area contributed by atoms with Crippen LogP contribution in [0.1, 0.15) is 10.4 Å². The van der Waals surface area contributed by atoms with Crippen LogP contribution in [0.25, 0.3) is 0 Å². The summed E-state index contributed by atoms with van der Waals surface area (Å²) in [6.45, 7) is 0. The number of hydrogen-bond donors (Lipinski definition) is 1. The zero-order valence-corrected chi connectivity index (χ0v) is 13.8.